The van der Waals surface area contributed by atoms with E-state index in [4.69, 9.17) is 4.74 Å². The highest BCUT2D eigenvalue weighted by atomic mass is 16.6. The number of esters is 1. The summed E-state index contributed by atoms with van der Waals surface area (Å²) in [7, 11) is 7.50. The maximum absolute atomic E-state index is 11.6. The van der Waals surface area contributed by atoms with E-state index in [-0.39, 0.29) is 12.3 Å². The van der Waals surface area contributed by atoms with Crippen LogP contribution >= 0.6 is 0 Å². The highest BCUT2D eigenvalue weighted by molar-refractivity contribution is 5.75. The van der Waals surface area contributed by atoms with Crippen LogP contribution in [0.15, 0.2) is 0 Å². The van der Waals surface area contributed by atoms with Crippen LogP contribution in [0, 0.1) is 5.41 Å². The fourth-order valence-corrected chi connectivity index (χ4v) is 0.945. The second-order valence-corrected chi connectivity index (χ2v) is 4.91. The molecule has 0 saturated heterocycles. The van der Waals surface area contributed by atoms with Crippen LogP contribution in [0.5, 0.6) is 0 Å². The molecule has 84 valence electrons. The van der Waals surface area contributed by atoms with Crippen LogP contribution in [0.3, 0.4) is 0 Å². The third-order valence-electron chi connectivity index (χ3n) is 1.71. The molecule has 0 rings (SSSR count). The second kappa shape index (κ2) is 4.75. The number of nitrogens with zero attached hydrogens (tertiary/aromatic N) is 2. The summed E-state index contributed by atoms with van der Waals surface area (Å²) < 4.78 is 5.35. The van der Waals surface area contributed by atoms with Gasteiger partial charge in [0.15, 0.2) is 0 Å². The van der Waals surface area contributed by atoms with E-state index in [1.54, 1.807) is 0 Å². The Labute approximate surface area is 86.8 Å². The number of hydrogen-bond donors (Lipinski definition) is 0. The molecule has 0 spiro atoms. The van der Waals surface area contributed by atoms with E-state index < -0.39 is 5.41 Å². The van der Waals surface area contributed by atoms with Crippen molar-refractivity contribution in [2.24, 2.45) is 5.41 Å². The van der Waals surface area contributed by atoms with Crippen LogP contribution in [0.25, 0.3) is 0 Å². The summed E-state index contributed by atoms with van der Waals surface area (Å²) >= 11 is 0. The van der Waals surface area contributed by atoms with Gasteiger partial charge in [0.25, 0.3) is 0 Å². The second-order valence-electron chi connectivity index (χ2n) is 4.91. The van der Waals surface area contributed by atoms with Crippen molar-refractivity contribution < 1.29 is 9.53 Å². The molecule has 0 saturated carbocycles. The van der Waals surface area contributed by atoms with Gasteiger partial charge >= 0.3 is 5.97 Å². The van der Waals surface area contributed by atoms with E-state index in [0.29, 0.717) is 0 Å². The SMILES string of the molecule is CN(C)C(OC(=O)C(C)(C)C)N(C)C. The van der Waals surface area contributed by atoms with E-state index >= 15 is 0 Å². The zero-order valence-corrected chi connectivity index (χ0v) is 10.3. The van der Waals surface area contributed by atoms with Gasteiger partial charge < -0.3 is 4.74 Å². The molecular formula is C10H22N2O2. The Morgan fingerprint density at radius 1 is 1.07 bits per heavy atom. The van der Waals surface area contributed by atoms with Gasteiger partial charge in [-0.05, 0) is 49.0 Å². The van der Waals surface area contributed by atoms with Gasteiger partial charge in [-0.15, -0.1) is 0 Å². The van der Waals surface area contributed by atoms with Crippen molar-refractivity contribution in [3.8, 4) is 0 Å². The number of carbonyl (C=O) groups is 1. The number of rotatable bonds is 3. The first-order chi connectivity index (χ1) is 6.16. The lowest BCUT2D eigenvalue weighted by molar-refractivity contribution is -0.181. The zero-order chi connectivity index (χ0) is 11.5. The van der Waals surface area contributed by atoms with Crippen molar-refractivity contribution in [1.82, 2.24) is 9.80 Å². The first kappa shape index (κ1) is 13.4. The average molecular weight is 202 g/mol. The first-order valence-electron chi connectivity index (χ1n) is 4.70. The van der Waals surface area contributed by atoms with Crippen molar-refractivity contribution in [2.45, 2.75) is 27.1 Å². The number of hydrogen-bond acceptors (Lipinski definition) is 4. The molecule has 0 N–H and O–H groups in total. The summed E-state index contributed by atoms with van der Waals surface area (Å²) in [5.41, 5.74) is -0.454. The third kappa shape index (κ3) is 4.07. The van der Waals surface area contributed by atoms with Crippen LogP contribution in [-0.4, -0.2) is 50.3 Å². The van der Waals surface area contributed by atoms with E-state index in [1.165, 1.54) is 0 Å². The Hall–Kier alpha value is -0.610. The lowest BCUT2D eigenvalue weighted by Crippen LogP contribution is -2.45. The fraction of sp³-hybridized carbons (Fsp3) is 0.900. The summed E-state index contributed by atoms with van der Waals surface area (Å²) in [6, 6.07) is 0. The predicted octanol–water partition coefficient (Wildman–Crippen LogP) is 0.982. The van der Waals surface area contributed by atoms with Crippen LogP contribution < -0.4 is 0 Å². The van der Waals surface area contributed by atoms with Gasteiger partial charge in [0, 0.05) is 0 Å². The maximum Gasteiger partial charge on any atom is 0.313 e. The fourth-order valence-electron chi connectivity index (χ4n) is 0.945. The Morgan fingerprint density at radius 3 is 1.64 bits per heavy atom. The van der Waals surface area contributed by atoms with Gasteiger partial charge in [-0.3, -0.25) is 14.6 Å². The highest BCUT2D eigenvalue weighted by Crippen LogP contribution is 2.17. The predicted molar refractivity (Wildman–Crippen MR) is 56.7 cm³/mol. The first-order valence-corrected chi connectivity index (χ1v) is 4.70. The Balaban J connectivity index is 4.40. The monoisotopic (exact) mass is 202 g/mol. The molecule has 4 heteroatoms. The molecule has 0 aliphatic heterocycles. The minimum atomic E-state index is -0.454. The highest BCUT2D eigenvalue weighted by Gasteiger charge is 2.28. The molecular weight excluding hydrogens is 180 g/mol. The topological polar surface area (TPSA) is 32.8 Å². The largest absolute Gasteiger partial charge is 0.432 e. The molecule has 0 bridgehead atoms. The van der Waals surface area contributed by atoms with Crippen molar-refractivity contribution in [1.29, 1.82) is 0 Å². The number of carbonyl (C=O) groups excluding carboxylic acids is 1. The summed E-state index contributed by atoms with van der Waals surface area (Å²) in [6.45, 7) is 5.53. The van der Waals surface area contributed by atoms with Crippen molar-refractivity contribution in [3.05, 3.63) is 0 Å². The Morgan fingerprint density at radius 2 is 1.43 bits per heavy atom. The molecule has 0 heterocycles. The lowest BCUT2D eigenvalue weighted by atomic mass is 9.97. The van der Waals surface area contributed by atoms with E-state index in [1.807, 2.05) is 58.8 Å². The molecule has 0 aliphatic rings. The molecule has 0 unspecified atom stereocenters. The van der Waals surface area contributed by atoms with Gasteiger partial charge in [0.1, 0.15) is 0 Å². The molecule has 0 aromatic heterocycles. The summed E-state index contributed by atoms with van der Waals surface area (Å²) in [4.78, 5) is 15.3. The molecule has 0 radical (unpaired) electrons. The average Bonchev–Trinajstić information content (AvgIpc) is 1.96. The third-order valence-corrected chi connectivity index (χ3v) is 1.71. The minimum Gasteiger partial charge on any atom is -0.432 e. The smallest absolute Gasteiger partial charge is 0.313 e. The standard InChI is InChI=1S/C10H22N2O2/c1-10(2,3)8(13)14-9(11(4)5)12(6)7/h9H,1-7H3. The molecule has 4 nitrogen and oxygen atoms in total. The van der Waals surface area contributed by atoms with E-state index in [0.717, 1.165) is 0 Å². The molecule has 0 fully saturated rings. The van der Waals surface area contributed by atoms with Crippen LogP contribution in [0.2, 0.25) is 0 Å². The normalized spacial score (nSPS) is 12.7. The maximum atomic E-state index is 11.6. The van der Waals surface area contributed by atoms with Gasteiger partial charge in [0.2, 0.25) is 6.35 Å². The zero-order valence-electron chi connectivity index (χ0n) is 10.3. The van der Waals surface area contributed by atoms with Crippen molar-refractivity contribution in [2.75, 3.05) is 28.2 Å². The minimum absolute atomic E-state index is 0.190. The Kier molecular flexibility index (Phi) is 4.55. The molecule has 0 amide bonds. The van der Waals surface area contributed by atoms with E-state index in [9.17, 15) is 4.79 Å². The summed E-state index contributed by atoms with van der Waals surface area (Å²) in [5, 5.41) is 0. The van der Waals surface area contributed by atoms with Crippen molar-refractivity contribution >= 4 is 5.97 Å². The summed E-state index contributed by atoms with van der Waals surface area (Å²) in [6.07, 6.45) is -0.304. The quantitative estimate of drug-likeness (QED) is 0.504. The Bertz CT molecular complexity index is 187. The van der Waals surface area contributed by atoms with Gasteiger partial charge in [-0.1, -0.05) is 0 Å². The molecule has 0 aromatic carbocycles. The van der Waals surface area contributed by atoms with E-state index in [2.05, 4.69) is 0 Å². The van der Waals surface area contributed by atoms with Crippen LogP contribution in [0.1, 0.15) is 20.8 Å². The molecule has 0 atom stereocenters. The lowest BCUT2D eigenvalue weighted by Gasteiger charge is -2.31. The number of ether oxygens (including phenoxy) is 1. The van der Waals surface area contributed by atoms with Gasteiger partial charge in [0.05, 0.1) is 5.41 Å². The molecule has 14 heavy (non-hydrogen) atoms. The van der Waals surface area contributed by atoms with Gasteiger partial charge in [-0.25, -0.2) is 0 Å². The van der Waals surface area contributed by atoms with Crippen molar-refractivity contribution in [3.63, 3.8) is 0 Å². The van der Waals surface area contributed by atoms with Crippen LogP contribution in [0.4, 0.5) is 0 Å². The summed E-state index contributed by atoms with van der Waals surface area (Å²) in [5.74, 6) is -0.190. The van der Waals surface area contributed by atoms with Gasteiger partial charge in [-0.2, -0.15) is 0 Å². The molecule has 0 aliphatic carbocycles. The molecule has 0 aromatic rings. The van der Waals surface area contributed by atoms with Crippen LogP contribution in [-0.2, 0) is 9.53 Å².